The van der Waals surface area contributed by atoms with Crippen LogP contribution in [0.5, 0.6) is 0 Å². The van der Waals surface area contributed by atoms with Gasteiger partial charge < -0.3 is 19.8 Å². The topological polar surface area (TPSA) is 0 Å². The third-order valence-corrected chi connectivity index (χ3v) is 0.354. The molecule has 0 aliphatic rings. The molecular formula is C7H8Y+. The van der Waals surface area contributed by atoms with Crippen molar-refractivity contribution in [3.8, 4) is 17.8 Å². The van der Waals surface area contributed by atoms with Crippen LogP contribution < -0.4 is 0 Å². The fourth-order valence-corrected chi connectivity index (χ4v) is 0.133. The van der Waals surface area contributed by atoms with Crippen LogP contribution in [0, 0.1) is 31.6 Å². The van der Waals surface area contributed by atoms with Crippen molar-refractivity contribution >= 4 is 0 Å². The maximum Gasteiger partial charge on any atom is 3.00 e. The van der Waals surface area contributed by atoms with Crippen molar-refractivity contribution in [2.75, 3.05) is 0 Å². The van der Waals surface area contributed by atoms with Crippen molar-refractivity contribution in [1.29, 1.82) is 0 Å². The molecule has 0 aliphatic carbocycles. The molecule has 0 N–H and O–H groups in total. The molecule has 38 valence electrons. The summed E-state index contributed by atoms with van der Waals surface area (Å²) in [6.45, 7) is 1.75. The Morgan fingerprint density at radius 2 is 2.00 bits per heavy atom. The van der Waals surface area contributed by atoms with Gasteiger partial charge in [0.05, 0.1) is 0 Å². The van der Waals surface area contributed by atoms with Crippen molar-refractivity contribution in [3.63, 3.8) is 0 Å². The summed E-state index contributed by atoms with van der Waals surface area (Å²) in [5.74, 6) is 7.43. The molecule has 0 atom stereocenters. The zero-order valence-electron chi connectivity index (χ0n) is 5.28. The van der Waals surface area contributed by atoms with Gasteiger partial charge in [-0.2, -0.15) is 0 Å². The predicted molar refractivity (Wildman–Crippen MR) is 31.6 cm³/mol. The summed E-state index contributed by atoms with van der Waals surface area (Å²) in [7, 11) is 0. The quantitative estimate of drug-likeness (QED) is 0.391. The third kappa shape index (κ3) is 16.3. The fourth-order valence-electron chi connectivity index (χ4n) is 0.133. The molecule has 0 aliphatic heterocycles. The van der Waals surface area contributed by atoms with E-state index in [0.717, 1.165) is 0 Å². The first-order valence-corrected chi connectivity index (χ1v) is 1.71. The summed E-state index contributed by atoms with van der Waals surface area (Å²) in [4.78, 5) is 0. The van der Waals surface area contributed by atoms with Gasteiger partial charge in [-0.15, -0.1) is 5.92 Å². The second kappa shape index (κ2) is 15.7. The van der Waals surface area contributed by atoms with Crippen LogP contribution in [0.25, 0.3) is 0 Å². The first kappa shape index (κ1) is 15.7. The molecule has 0 fully saturated rings. The second-order valence-corrected chi connectivity index (χ2v) is 0.780. The normalized spacial score (nSPS) is 3.50. The van der Waals surface area contributed by atoms with E-state index in [-0.39, 0.29) is 40.1 Å². The van der Waals surface area contributed by atoms with Gasteiger partial charge in [0.1, 0.15) is 0 Å². The summed E-state index contributed by atoms with van der Waals surface area (Å²) in [5, 5.41) is 0. The van der Waals surface area contributed by atoms with Gasteiger partial charge in [-0.25, -0.2) is 0 Å². The Kier molecular flexibility index (Phi) is 30.8. The SMILES string of the molecule is [C-]#CCC#CC.[CH3-].[Y+3]. The molecule has 0 unspecified atom stereocenters. The van der Waals surface area contributed by atoms with Gasteiger partial charge in [-0.05, 0) is 6.92 Å². The minimum atomic E-state index is 0. The minimum Gasteiger partial charge on any atom is -0.693 e. The minimum absolute atomic E-state index is 0. The van der Waals surface area contributed by atoms with Gasteiger partial charge in [0.15, 0.2) is 0 Å². The van der Waals surface area contributed by atoms with Gasteiger partial charge in [-0.3, -0.25) is 0 Å². The number of hydrogen-bond acceptors (Lipinski definition) is 0. The Labute approximate surface area is 77.3 Å². The van der Waals surface area contributed by atoms with Crippen molar-refractivity contribution in [2.45, 2.75) is 13.3 Å². The van der Waals surface area contributed by atoms with Crippen LogP contribution in [0.2, 0.25) is 0 Å². The third-order valence-electron chi connectivity index (χ3n) is 0.354. The molecule has 0 amide bonds. The van der Waals surface area contributed by atoms with Crippen LogP contribution in [-0.2, 0) is 32.7 Å². The van der Waals surface area contributed by atoms with E-state index in [4.69, 9.17) is 6.42 Å². The van der Waals surface area contributed by atoms with E-state index in [1.54, 1.807) is 6.92 Å². The molecule has 0 aromatic carbocycles. The van der Waals surface area contributed by atoms with Crippen LogP contribution in [0.15, 0.2) is 0 Å². The molecule has 0 saturated carbocycles. The molecule has 0 spiro atoms. The first-order chi connectivity index (χ1) is 2.91. The fraction of sp³-hybridized carbons (Fsp3) is 0.286. The first-order valence-electron chi connectivity index (χ1n) is 1.71. The number of hydrogen-bond donors (Lipinski definition) is 0. The van der Waals surface area contributed by atoms with Crippen LogP contribution >= 0.6 is 0 Å². The monoisotopic (exact) mass is 181 g/mol. The van der Waals surface area contributed by atoms with E-state index in [9.17, 15) is 0 Å². The summed E-state index contributed by atoms with van der Waals surface area (Å²) in [5.41, 5.74) is 0. The molecule has 1 heteroatoms. The molecule has 0 bridgehead atoms. The van der Waals surface area contributed by atoms with Crippen LogP contribution in [0.4, 0.5) is 0 Å². The molecule has 8 heavy (non-hydrogen) atoms. The molecule has 0 rings (SSSR count). The smallest absolute Gasteiger partial charge is 0.693 e. The Balaban J connectivity index is -0.000000125. The van der Waals surface area contributed by atoms with E-state index in [1.165, 1.54) is 0 Å². The summed E-state index contributed by atoms with van der Waals surface area (Å²) in [6.07, 6.45) is 6.82. The maximum absolute atomic E-state index is 6.35. The van der Waals surface area contributed by atoms with Gasteiger partial charge in [0.25, 0.3) is 0 Å². The van der Waals surface area contributed by atoms with Crippen LogP contribution in [-0.4, -0.2) is 0 Å². The molecule has 0 saturated heterocycles. The van der Waals surface area contributed by atoms with Gasteiger partial charge in [0, 0.05) is 6.42 Å². The van der Waals surface area contributed by atoms with Crippen molar-refractivity contribution in [2.24, 2.45) is 0 Å². The Morgan fingerprint density at radius 1 is 1.50 bits per heavy atom. The van der Waals surface area contributed by atoms with Gasteiger partial charge in [-0.1, -0.05) is 5.92 Å². The molecule has 0 heterocycles. The average Bonchev–Trinajstić information content (AvgIpc) is 1.61. The molecule has 0 aromatic heterocycles. The number of rotatable bonds is 0. The summed E-state index contributed by atoms with van der Waals surface area (Å²) >= 11 is 0. The molecule has 0 aromatic rings. The second-order valence-electron chi connectivity index (χ2n) is 0.780. The van der Waals surface area contributed by atoms with Crippen molar-refractivity contribution in [3.05, 3.63) is 13.9 Å². The zero-order chi connectivity index (χ0) is 4.83. The van der Waals surface area contributed by atoms with Crippen molar-refractivity contribution in [1.82, 2.24) is 0 Å². The zero-order valence-corrected chi connectivity index (χ0v) is 8.12. The van der Waals surface area contributed by atoms with E-state index in [2.05, 4.69) is 17.8 Å². The molecular weight excluding hydrogens is 173 g/mol. The Bertz CT molecular complexity index is 109. The standard InChI is InChI=1S/C6H5.CH3.Y/c1-3-5-6-4-2;;/h6H2,1H3;1H3;/q2*-1;+3. The predicted octanol–water partition coefficient (Wildman–Crippen LogP) is 1.44. The Morgan fingerprint density at radius 3 is 2.12 bits per heavy atom. The molecule has 0 radical (unpaired) electrons. The van der Waals surface area contributed by atoms with Crippen LogP contribution in [0.1, 0.15) is 13.3 Å². The maximum atomic E-state index is 6.35. The Hall–Kier alpha value is 0.224. The summed E-state index contributed by atoms with van der Waals surface area (Å²) < 4.78 is 0. The van der Waals surface area contributed by atoms with Crippen LogP contribution in [0.3, 0.4) is 0 Å². The van der Waals surface area contributed by atoms with E-state index < -0.39 is 0 Å². The van der Waals surface area contributed by atoms with Crippen molar-refractivity contribution < 1.29 is 32.7 Å². The molecule has 0 nitrogen and oxygen atoms in total. The van der Waals surface area contributed by atoms with Gasteiger partial charge >= 0.3 is 32.7 Å². The largest absolute Gasteiger partial charge is 3.00 e. The van der Waals surface area contributed by atoms with E-state index in [1.807, 2.05) is 0 Å². The van der Waals surface area contributed by atoms with E-state index >= 15 is 0 Å². The average molecular weight is 181 g/mol. The summed E-state index contributed by atoms with van der Waals surface area (Å²) in [6, 6.07) is 0. The van der Waals surface area contributed by atoms with Gasteiger partial charge in [0.2, 0.25) is 0 Å². The van der Waals surface area contributed by atoms with E-state index in [0.29, 0.717) is 6.42 Å².